The summed E-state index contributed by atoms with van der Waals surface area (Å²) >= 11 is 0. The Kier molecular flexibility index (Phi) is 4.32. The van der Waals surface area contributed by atoms with E-state index in [0.29, 0.717) is 17.2 Å². The molecule has 0 unspecified atom stereocenters. The van der Waals surface area contributed by atoms with Gasteiger partial charge in [0.1, 0.15) is 17.1 Å². The summed E-state index contributed by atoms with van der Waals surface area (Å²) in [7, 11) is 0. The molecule has 114 valence electrons. The predicted molar refractivity (Wildman–Crippen MR) is 77.9 cm³/mol. The average Bonchev–Trinajstić information content (AvgIpc) is 3.06. The van der Waals surface area contributed by atoms with Crippen LogP contribution in [0.2, 0.25) is 0 Å². The molecule has 2 amide bonds. The highest BCUT2D eigenvalue weighted by Crippen LogP contribution is 2.21. The molecule has 0 saturated heterocycles. The summed E-state index contributed by atoms with van der Waals surface area (Å²) in [4.78, 5) is 11.8. The van der Waals surface area contributed by atoms with Gasteiger partial charge in [-0.3, -0.25) is 4.68 Å². The maximum absolute atomic E-state index is 11.8. The number of urea groups is 1. The largest absolute Gasteiger partial charge is 0.463 e. The molecule has 21 heavy (non-hydrogen) atoms. The van der Waals surface area contributed by atoms with E-state index in [1.807, 2.05) is 6.92 Å². The summed E-state index contributed by atoms with van der Waals surface area (Å²) in [6.45, 7) is 6.11. The highest BCUT2D eigenvalue weighted by molar-refractivity contribution is 5.88. The van der Waals surface area contributed by atoms with Crippen LogP contribution in [-0.4, -0.2) is 27.5 Å². The third kappa shape index (κ3) is 3.85. The smallest absolute Gasteiger partial charge is 0.319 e. The molecule has 0 fully saturated rings. The van der Waals surface area contributed by atoms with Crippen molar-refractivity contribution in [1.29, 1.82) is 0 Å². The number of carbonyl (C=O) groups is 1. The highest BCUT2D eigenvalue weighted by Gasteiger charge is 2.27. The minimum atomic E-state index is -1.26. The molecule has 0 aromatic carbocycles. The Morgan fingerprint density at radius 1 is 1.52 bits per heavy atom. The van der Waals surface area contributed by atoms with Crippen molar-refractivity contribution in [3.63, 3.8) is 0 Å². The standard InChI is InChI=1S/C14H20N4O3/c1-4-18-8-11(7-16-18)17-13(19)15-9-14(3,20)12-6-5-10(2)21-12/h5-8,20H,4,9H2,1-3H3,(H2,15,17,19)/t14-/m1/s1. The first-order valence-corrected chi connectivity index (χ1v) is 6.77. The lowest BCUT2D eigenvalue weighted by atomic mass is 10.0. The van der Waals surface area contributed by atoms with E-state index < -0.39 is 11.6 Å². The summed E-state index contributed by atoms with van der Waals surface area (Å²) in [5, 5.41) is 19.6. The second-order valence-corrected chi connectivity index (χ2v) is 5.08. The fraction of sp³-hybridized carbons (Fsp3) is 0.429. The number of rotatable bonds is 5. The quantitative estimate of drug-likeness (QED) is 0.784. The van der Waals surface area contributed by atoms with Crippen LogP contribution in [0.25, 0.3) is 0 Å². The summed E-state index contributed by atoms with van der Waals surface area (Å²) in [5.74, 6) is 1.13. The van der Waals surface area contributed by atoms with Gasteiger partial charge in [0, 0.05) is 12.7 Å². The van der Waals surface area contributed by atoms with Crippen molar-refractivity contribution >= 4 is 11.7 Å². The van der Waals surface area contributed by atoms with Crippen LogP contribution in [0, 0.1) is 6.92 Å². The van der Waals surface area contributed by atoms with Crippen LogP contribution < -0.4 is 10.6 Å². The van der Waals surface area contributed by atoms with Gasteiger partial charge in [-0.25, -0.2) is 4.79 Å². The van der Waals surface area contributed by atoms with Crippen molar-refractivity contribution in [3.05, 3.63) is 36.0 Å². The Balaban J connectivity index is 1.88. The molecule has 0 aliphatic rings. The Morgan fingerprint density at radius 2 is 2.29 bits per heavy atom. The van der Waals surface area contributed by atoms with Crippen molar-refractivity contribution < 1.29 is 14.3 Å². The molecule has 7 nitrogen and oxygen atoms in total. The highest BCUT2D eigenvalue weighted by atomic mass is 16.4. The van der Waals surface area contributed by atoms with Gasteiger partial charge < -0.3 is 20.2 Å². The summed E-state index contributed by atoms with van der Waals surface area (Å²) < 4.78 is 7.09. The van der Waals surface area contributed by atoms with Gasteiger partial charge >= 0.3 is 6.03 Å². The number of aliphatic hydroxyl groups is 1. The number of hydrogen-bond acceptors (Lipinski definition) is 4. The number of aromatic nitrogens is 2. The lowest BCUT2D eigenvalue weighted by Crippen LogP contribution is -2.40. The van der Waals surface area contributed by atoms with Crippen LogP contribution in [0.4, 0.5) is 10.5 Å². The lowest BCUT2D eigenvalue weighted by molar-refractivity contribution is 0.0364. The number of nitrogens with zero attached hydrogens (tertiary/aromatic N) is 2. The molecule has 0 bridgehead atoms. The van der Waals surface area contributed by atoms with Crippen LogP contribution in [0.3, 0.4) is 0 Å². The van der Waals surface area contributed by atoms with Gasteiger partial charge in [-0.05, 0) is 32.9 Å². The molecule has 0 saturated carbocycles. The van der Waals surface area contributed by atoms with E-state index in [2.05, 4.69) is 15.7 Å². The first-order valence-electron chi connectivity index (χ1n) is 6.77. The van der Waals surface area contributed by atoms with Crippen molar-refractivity contribution in [2.24, 2.45) is 0 Å². The zero-order chi connectivity index (χ0) is 15.5. The number of amides is 2. The van der Waals surface area contributed by atoms with Gasteiger partial charge in [0.2, 0.25) is 0 Å². The van der Waals surface area contributed by atoms with Crippen molar-refractivity contribution in [2.45, 2.75) is 32.9 Å². The van der Waals surface area contributed by atoms with Gasteiger partial charge in [0.05, 0.1) is 18.4 Å². The first-order chi connectivity index (χ1) is 9.90. The van der Waals surface area contributed by atoms with E-state index in [1.165, 1.54) is 0 Å². The first kappa shape index (κ1) is 15.1. The molecule has 0 spiro atoms. The lowest BCUT2D eigenvalue weighted by Gasteiger charge is -2.21. The normalized spacial score (nSPS) is 13.7. The second kappa shape index (κ2) is 6.01. The number of anilines is 1. The van der Waals surface area contributed by atoms with Crippen LogP contribution >= 0.6 is 0 Å². The van der Waals surface area contributed by atoms with Gasteiger partial charge in [-0.2, -0.15) is 5.10 Å². The number of aryl methyl sites for hydroxylation is 2. The van der Waals surface area contributed by atoms with E-state index in [1.54, 1.807) is 43.1 Å². The van der Waals surface area contributed by atoms with Crippen LogP contribution in [0.15, 0.2) is 28.9 Å². The number of hydrogen-bond donors (Lipinski definition) is 3. The molecule has 2 heterocycles. The Hall–Kier alpha value is -2.28. The summed E-state index contributed by atoms with van der Waals surface area (Å²) in [6.07, 6.45) is 3.30. The molecule has 2 aromatic heterocycles. The van der Waals surface area contributed by atoms with Crippen LogP contribution in [-0.2, 0) is 12.1 Å². The molecule has 0 aliphatic heterocycles. The third-order valence-electron chi connectivity index (χ3n) is 3.08. The predicted octanol–water partition coefficient (Wildman–Crippen LogP) is 1.83. The average molecular weight is 292 g/mol. The SMILES string of the molecule is CCn1cc(NC(=O)NC[C@@](C)(O)c2ccc(C)o2)cn1. The van der Waals surface area contributed by atoms with E-state index >= 15 is 0 Å². The number of carbonyl (C=O) groups excluding carboxylic acids is 1. The van der Waals surface area contributed by atoms with Crippen molar-refractivity contribution in [3.8, 4) is 0 Å². The van der Waals surface area contributed by atoms with Gasteiger partial charge in [-0.15, -0.1) is 0 Å². The maximum Gasteiger partial charge on any atom is 0.319 e. The van der Waals surface area contributed by atoms with Gasteiger partial charge in [-0.1, -0.05) is 0 Å². The molecule has 2 aromatic rings. The van der Waals surface area contributed by atoms with Gasteiger partial charge in [0.15, 0.2) is 0 Å². The minimum absolute atomic E-state index is 0.0354. The fourth-order valence-electron chi connectivity index (χ4n) is 1.84. The number of furan rings is 1. The van der Waals surface area contributed by atoms with Gasteiger partial charge in [0.25, 0.3) is 0 Å². The summed E-state index contributed by atoms with van der Waals surface area (Å²) in [5.41, 5.74) is -0.665. The fourth-order valence-corrected chi connectivity index (χ4v) is 1.84. The Bertz CT molecular complexity index is 615. The van der Waals surface area contributed by atoms with E-state index in [0.717, 1.165) is 6.54 Å². The minimum Gasteiger partial charge on any atom is -0.463 e. The van der Waals surface area contributed by atoms with Crippen molar-refractivity contribution in [2.75, 3.05) is 11.9 Å². The molecular weight excluding hydrogens is 272 g/mol. The molecular formula is C14H20N4O3. The van der Waals surface area contributed by atoms with Crippen molar-refractivity contribution in [1.82, 2.24) is 15.1 Å². The molecule has 0 radical (unpaired) electrons. The molecule has 1 atom stereocenters. The number of nitrogens with one attached hydrogen (secondary N) is 2. The zero-order valence-electron chi connectivity index (χ0n) is 12.4. The Labute approximate surface area is 123 Å². The maximum atomic E-state index is 11.8. The summed E-state index contributed by atoms with van der Waals surface area (Å²) in [6, 6.07) is 3.05. The topological polar surface area (TPSA) is 92.3 Å². The van der Waals surface area contributed by atoms with E-state index in [9.17, 15) is 9.90 Å². The molecule has 0 aliphatic carbocycles. The third-order valence-corrected chi connectivity index (χ3v) is 3.08. The molecule has 3 N–H and O–H groups in total. The molecule has 7 heteroatoms. The monoisotopic (exact) mass is 292 g/mol. The van der Waals surface area contributed by atoms with E-state index in [-0.39, 0.29) is 6.54 Å². The molecule has 2 rings (SSSR count). The zero-order valence-corrected chi connectivity index (χ0v) is 12.4. The van der Waals surface area contributed by atoms with Crippen LogP contribution in [0.1, 0.15) is 25.4 Å². The second-order valence-electron chi connectivity index (χ2n) is 5.08. The van der Waals surface area contributed by atoms with Crippen LogP contribution in [0.5, 0.6) is 0 Å². The van der Waals surface area contributed by atoms with E-state index in [4.69, 9.17) is 4.42 Å². The Morgan fingerprint density at radius 3 is 2.86 bits per heavy atom.